The first-order chi connectivity index (χ1) is 8.28. The lowest BCUT2D eigenvalue weighted by atomic mass is 9.96. The van der Waals surface area contributed by atoms with E-state index in [1.165, 1.54) is 7.11 Å². The summed E-state index contributed by atoms with van der Waals surface area (Å²) in [6.07, 6.45) is 0.751. The first kappa shape index (κ1) is 17.4. The molecular formula is C14H30N2O2. The number of carbonyl (C=O) groups is 1. The summed E-state index contributed by atoms with van der Waals surface area (Å²) in [7, 11) is 3.55. The van der Waals surface area contributed by atoms with Gasteiger partial charge in [-0.05, 0) is 39.8 Å². The number of carbonyl (C=O) groups excluding carboxylic acids is 1. The van der Waals surface area contributed by atoms with Crippen LogP contribution in [0.15, 0.2) is 0 Å². The summed E-state index contributed by atoms with van der Waals surface area (Å²) < 4.78 is 4.89. The first-order valence-electron chi connectivity index (χ1n) is 6.82. The van der Waals surface area contributed by atoms with Crippen LogP contribution in [0.25, 0.3) is 0 Å². The number of methoxy groups -OCH3 is 1. The lowest BCUT2D eigenvalue weighted by molar-refractivity contribution is -0.148. The normalized spacial score (nSPS) is 16.7. The summed E-state index contributed by atoms with van der Waals surface area (Å²) >= 11 is 0. The van der Waals surface area contributed by atoms with Gasteiger partial charge in [-0.2, -0.15) is 0 Å². The topological polar surface area (TPSA) is 41.6 Å². The van der Waals surface area contributed by atoms with Gasteiger partial charge in [-0.1, -0.05) is 20.8 Å². The average Bonchev–Trinajstić information content (AvgIpc) is 2.34. The van der Waals surface area contributed by atoms with Crippen molar-refractivity contribution in [3.8, 4) is 0 Å². The molecule has 0 rings (SSSR count). The summed E-state index contributed by atoms with van der Waals surface area (Å²) in [5, 5.41) is 3.23. The highest BCUT2D eigenvalue weighted by Crippen LogP contribution is 2.15. The fourth-order valence-corrected chi connectivity index (χ4v) is 1.99. The Morgan fingerprint density at radius 3 is 2.33 bits per heavy atom. The van der Waals surface area contributed by atoms with Crippen LogP contribution in [0.4, 0.5) is 0 Å². The van der Waals surface area contributed by atoms with Crippen molar-refractivity contribution in [1.29, 1.82) is 0 Å². The highest BCUT2D eigenvalue weighted by Gasteiger charge is 2.33. The maximum atomic E-state index is 11.8. The van der Waals surface area contributed by atoms with E-state index in [2.05, 4.69) is 38.0 Å². The Balaban J connectivity index is 4.48. The first-order valence-corrected chi connectivity index (χ1v) is 6.82. The lowest BCUT2D eigenvalue weighted by Crippen LogP contribution is -2.52. The zero-order chi connectivity index (χ0) is 14.3. The van der Waals surface area contributed by atoms with Gasteiger partial charge in [0, 0.05) is 12.6 Å². The number of likely N-dealkylation sites (N-methyl/N-ethyl adjacent to an activating group) is 1. The van der Waals surface area contributed by atoms with Crippen molar-refractivity contribution in [2.24, 2.45) is 5.92 Å². The van der Waals surface area contributed by atoms with Crippen molar-refractivity contribution in [1.82, 2.24) is 10.2 Å². The molecule has 0 aliphatic rings. The van der Waals surface area contributed by atoms with Gasteiger partial charge in [0.2, 0.25) is 0 Å². The number of hydrogen-bond acceptors (Lipinski definition) is 4. The van der Waals surface area contributed by atoms with E-state index in [1.807, 2.05) is 13.8 Å². The molecule has 0 aromatic carbocycles. The molecule has 108 valence electrons. The molecule has 4 nitrogen and oxygen atoms in total. The zero-order valence-corrected chi connectivity index (χ0v) is 13.0. The number of ether oxygens (including phenoxy) is 1. The van der Waals surface area contributed by atoms with Crippen molar-refractivity contribution in [2.45, 2.75) is 52.6 Å². The molecule has 0 radical (unpaired) electrons. The molecule has 0 aliphatic carbocycles. The summed E-state index contributed by atoms with van der Waals surface area (Å²) in [6, 6.07) is 0.508. The number of esters is 1. The summed E-state index contributed by atoms with van der Waals surface area (Å²) in [5.74, 6) is 0.425. The van der Waals surface area contributed by atoms with Crippen LogP contribution < -0.4 is 5.32 Å². The average molecular weight is 258 g/mol. The molecule has 0 amide bonds. The Labute approximate surface area is 112 Å². The molecule has 1 N–H and O–H groups in total. The van der Waals surface area contributed by atoms with Crippen LogP contribution in [0.2, 0.25) is 0 Å². The Morgan fingerprint density at radius 2 is 1.94 bits per heavy atom. The second kappa shape index (κ2) is 7.74. The van der Waals surface area contributed by atoms with Crippen LogP contribution in [-0.2, 0) is 9.53 Å². The highest BCUT2D eigenvalue weighted by atomic mass is 16.5. The molecular weight excluding hydrogens is 228 g/mol. The van der Waals surface area contributed by atoms with E-state index >= 15 is 0 Å². The molecule has 0 aliphatic heterocycles. The largest absolute Gasteiger partial charge is 0.468 e. The van der Waals surface area contributed by atoms with Gasteiger partial charge in [0.15, 0.2) is 0 Å². The van der Waals surface area contributed by atoms with E-state index in [0.29, 0.717) is 12.0 Å². The molecule has 0 fully saturated rings. The molecule has 0 saturated carbocycles. The van der Waals surface area contributed by atoms with Crippen molar-refractivity contribution in [3.63, 3.8) is 0 Å². The standard InChI is InChI=1S/C14H30N2O2/c1-8-15-14(5,13(17)18-7)9-10-16(6)12(4)11(2)3/h11-12,15H,8-10H2,1-7H3. The molecule has 0 heterocycles. The molecule has 0 saturated heterocycles. The van der Waals surface area contributed by atoms with E-state index in [9.17, 15) is 4.79 Å². The summed E-state index contributed by atoms with van der Waals surface area (Å²) in [4.78, 5) is 14.1. The second-order valence-corrected chi connectivity index (χ2v) is 5.57. The fourth-order valence-electron chi connectivity index (χ4n) is 1.99. The zero-order valence-electron chi connectivity index (χ0n) is 13.0. The molecule has 18 heavy (non-hydrogen) atoms. The number of nitrogens with zero attached hydrogens (tertiary/aromatic N) is 1. The van der Waals surface area contributed by atoms with E-state index < -0.39 is 5.54 Å². The molecule has 0 aromatic rings. The second-order valence-electron chi connectivity index (χ2n) is 5.57. The minimum absolute atomic E-state index is 0.185. The predicted octanol–water partition coefficient (Wildman–Crippen LogP) is 1.89. The van der Waals surface area contributed by atoms with Crippen molar-refractivity contribution in [2.75, 3.05) is 27.2 Å². The predicted molar refractivity (Wildman–Crippen MR) is 75.6 cm³/mol. The van der Waals surface area contributed by atoms with Crippen molar-refractivity contribution < 1.29 is 9.53 Å². The molecule has 4 heteroatoms. The van der Waals surface area contributed by atoms with E-state index in [1.54, 1.807) is 0 Å². The highest BCUT2D eigenvalue weighted by molar-refractivity contribution is 5.80. The fraction of sp³-hybridized carbons (Fsp3) is 0.929. The summed E-state index contributed by atoms with van der Waals surface area (Å²) in [5.41, 5.74) is -0.589. The number of rotatable bonds is 8. The summed E-state index contributed by atoms with van der Waals surface area (Å²) in [6.45, 7) is 12.2. The molecule has 2 unspecified atom stereocenters. The van der Waals surface area contributed by atoms with E-state index in [0.717, 1.165) is 19.5 Å². The molecule has 2 atom stereocenters. The van der Waals surface area contributed by atoms with Crippen LogP contribution >= 0.6 is 0 Å². The monoisotopic (exact) mass is 258 g/mol. The number of hydrogen-bond donors (Lipinski definition) is 1. The third-order valence-electron chi connectivity index (χ3n) is 3.83. The lowest BCUT2D eigenvalue weighted by Gasteiger charge is -2.33. The van der Waals surface area contributed by atoms with Gasteiger partial charge in [0.05, 0.1) is 7.11 Å². The Kier molecular flexibility index (Phi) is 7.48. The smallest absolute Gasteiger partial charge is 0.325 e. The van der Waals surface area contributed by atoms with Gasteiger partial charge >= 0.3 is 5.97 Å². The van der Waals surface area contributed by atoms with Gasteiger partial charge in [0.25, 0.3) is 0 Å². The maximum absolute atomic E-state index is 11.8. The van der Waals surface area contributed by atoms with Crippen LogP contribution in [0.3, 0.4) is 0 Å². The van der Waals surface area contributed by atoms with Crippen molar-refractivity contribution in [3.05, 3.63) is 0 Å². The van der Waals surface area contributed by atoms with Crippen LogP contribution in [0.1, 0.15) is 41.0 Å². The minimum atomic E-state index is -0.589. The van der Waals surface area contributed by atoms with Crippen LogP contribution in [0.5, 0.6) is 0 Å². The SMILES string of the molecule is CCNC(C)(CCN(C)C(C)C(C)C)C(=O)OC. The Morgan fingerprint density at radius 1 is 1.39 bits per heavy atom. The van der Waals surface area contributed by atoms with Gasteiger partial charge in [-0.3, -0.25) is 4.79 Å². The third-order valence-corrected chi connectivity index (χ3v) is 3.83. The Bertz CT molecular complexity index is 256. The van der Waals surface area contributed by atoms with Crippen molar-refractivity contribution >= 4 is 5.97 Å². The van der Waals surface area contributed by atoms with Gasteiger partial charge in [-0.25, -0.2) is 0 Å². The van der Waals surface area contributed by atoms with E-state index in [-0.39, 0.29) is 5.97 Å². The molecule has 0 bridgehead atoms. The maximum Gasteiger partial charge on any atom is 0.325 e. The van der Waals surface area contributed by atoms with Gasteiger partial charge in [-0.15, -0.1) is 0 Å². The van der Waals surface area contributed by atoms with Gasteiger partial charge in [0.1, 0.15) is 5.54 Å². The van der Waals surface area contributed by atoms with Crippen LogP contribution in [0, 0.1) is 5.92 Å². The van der Waals surface area contributed by atoms with Gasteiger partial charge < -0.3 is 15.0 Å². The van der Waals surface area contributed by atoms with E-state index in [4.69, 9.17) is 4.74 Å². The third kappa shape index (κ3) is 4.94. The molecule has 0 aromatic heterocycles. The number of nitrogens with one attached hydrogen (secondary N) is 1. The molecule has 0 spiro atoms. The quantitative estimate of drug-likeness (QED) is 0.675. The minimum Gasteiger partial charge on any atom is -0.468 e. The Hall–Kier alpha value is -0.610. The van der Waals surface area contributed by atoms with Crippen LogP contribution in [-0.4, -0.2) is 49.7 Å².